The predicted molar refractivity (Wildman–Crippen MR) is 91.4 cm³/mol. The zero-order chi connectivity index (χ0) is 17.3. The van der Waals surface area contributed by atoms with E-state index in [1.807, 2.05) is 43.9 Å². The number of carbonyl (C=O) groups excluding carboxylic acids is 1. The van der Waals surface area contributed by atoms with Gasteiger partial charge in [0, 0.05) is 12.1 Å². The van der Waals surface area contributed by atoms with Crippen molar-refractivity contribution in [2.75, 3.05) is 19.0 Å². The quantitative estimate of drug-likeness (QED) is 0.925. The molecule has 1 aromatic heterocycles. The van der Waals surface area contributed by atoms with Crippen LogP contribution in [-0.2, 0) is 0 Å². The first-order chi connectivity index (χ1) is 11.5. The smallest absolute Gasteiger partial charge is 0.322 e. The van der Waals surface area contributed by atoms with Crippen LogP contribution in [0, 0.1) is 20.8 Å². The minimum atomic E-state index is -0.124. The van der Waals surface area contributed by atoms with Gasteiger partial charge in [0.05, 0.1) is 24.5 Å². The highest BCUT2D eigenvalue weighted by Gasteiger charge is 2.34. The number of aromatic nitrogens is 1. The van der Waals surface area contributed by atoms with E-state index in [4.69, 9.17) is 9.26 Å². The van der Waals surface area contributed by atoms with Gasteiger partial charge in [-0.25, -0.2) is 4.79 Å². The third-order valence-corrected chi connectivity index (χ3v) is 4.53. The number of nitrogens with zero attached hydrogens (tertiary/aromatic N) is 2. The molecule has 1 aliphatic rings. The molecule has 0 spiro atoms. The van der Waals surface area contributed by atoms with Crippen molar-refractivity contribution in [1.29, 1.82) is 0 Å². The van der Waals surface area contributed by atoms with Gasteiger partial charge in [0.15, 0.2) is 0 Å². The molecule has 1 aliphatic heterocycles. The minimum Gasteiger partial charge on any atom is -0.495 e. The zero-order valence-electron chi connectivity index (χ0n) is 14.5. The highest BCUT2D eigenvalue weighted by atomic mass is 16.5. The van der Waals surface area contributed by atoms with Crippen LogP contribution in [0.4, 0.5) is 10.5 Å². The molecule has 0 saturated carbocycles. The molecule has 6 nitrogen and oxygen atoms in total. The van der Waals surface area contributed by atoms with Crippen LogP contribution >= 0.6 is 0 Å². The summed E-state index contributed by atoms with van der Waals surface area (Å²) in [5.74, 6) is 1.44. The van der Waals surface area contributed by atoms with Crippen molar-refractivity contribution in [3.05, 3.63) is 40.8 Å². The van der Waals surface area contributed by atoms with Crippen LogP contribution in [0.2, 0.25) is 0 Å². The van der Waals surface area contributed by atoms with Gasteiger partial charge >= 0.3 is 6.03 Å². The van der Waals surface area contributed by atoms with Crippen LogP contribution in [0.1, 0.15) is 41.5 Å². The standard InChI is InChI=1S/C18H23N3O3/c1-11-7-8-16(23-4)14(10-11)19-18(22)21-9-5-6-15(21)17-12(2)20-24-13(17)3/h7-8,10,15H,5-6,9H2,1-4H3,(H,19,22)/t15-/m0/s1. The fourth-order valence-electron chi connectivity index (χ4n) is 3.38. The second-order valence-corrected chi connectivity index (χ2v) is 6.22. The Bertz CT molecular complexity index is 734. The minimum absolute atomic E-state index is 0.00653. The average molecular weight is 329 g/mol. The van der Waals surface area contributed by atoms with Gasteiger partial charge in [-0.05, 0) is 51.3 Å². The number of methoxy groups -OCH3 is 1. The number of rotatable bonds is 3. The molecule has 0 unspecified atom stereocenters. The van der Waals surface area contributed by atoms with Crippen molar-refractivity contribution in [3.8, 4) is 5.75 Å². The van der Waals surface area contributed by atoms with Crippen molar-refractivity contribution in [3.63, 3.8) is 0 Å². The molecular formula is C18H23N3O3. The SMILES string of the molecule is COc1ccc(C)cc1NC(=O)N1CCC[C@H]1c1c(C)noc1C. The molecule has 1 saturated heterocycles. The van der Waals surface area contributed by atoms with Gasteiger partial charge in [0.25, 0.3) is 0 Å². The molecule has 1 atom stereocenters. The number of carbonyl (C=O) groups is 1. The molecule has 3 rings (SSSR count). The Morgan fingerprint density at radius 3 is 2.83 bits per heavy atom. The fourth-order valence-corrected chi connectivity index (χ4v) is 3.38. The fraction of sp³-hybridized carbons (Fsp3) is 0.444. The Balaban J connectivity index is 1.83. The lowest BCUT2D eigenvalue weighted by molar-refractivity contribution is 0.206. The molecule has 128 valence electrons. The predicted octanol–water partition coefficient (Wildman–Crippen LogP) is 3.98. The lowest BCUT2D eigenvalue weighted by Crippen LogP contribution is -2.34. The van der Waals surface area contributed by atoms with Crippen LogP contribution in [0.15, 0.2) is 22.7 Å². The third-order valence-electron chi connectivity index (χ3n) is 4.53. The maximum absolute atomic E-state index is 12.8. The van der Waals surface area contributed by atoms with Crippen molar-refractivity contribution < 1.29 is 14.1 Å². The van der Waals surface area contributed by atoms with E-state index in [2.05, 4.69) is 10.5 Å². The number of hydrogen-bond acceptors (Lipinski definition) is 4. The van der Waals surface area contributed by atoms with E-state index in [1.165, 1.54) is 0 Å². The van der Waals surface area contributed by atoms with E-state index < -0.39 is 0 Å². The summed E-state index contributed by atoms with van der Waals surface area (Å²) in [6.45, 7) is 6.52. The van der Waals surface area contributed by atoms with Gasteiger partial charge < -0.3 is 19.5 Å². The highest BCUT2D eigenvalue weighted by molar-refractivity contribution is 5.91. The van der Waals surface area contributed by atoms with Crippen molar-refractivity contribution in [2.45, 2.75) is 39.7 Å². The Morgan fingerprint density at radius 2 is 2.17 bits per heavy atom. The molecule has 2 heterocycles. The lowest BCUT2D eigenvalue weighted by Gasteiger charge is -2.25. The molecule has 0 aliphatic carbocycles. The van der Waals surface area contributed by atoms with Gasteiger partial charge in [-0.1, -0.05) is 11.2 Å². The van der Waals surface area contributed by atoms with E-state index in [0.717, 1.165) is 35.4 Å². The molecule has 2 aromatic rings. The van der Waals surface area contributed by atoms with Crippen LogP contribution in [-0.4, -0.2) is 29.7 Å². The van der Waals surface area contributed by atoms with Crippen LogP contribution < -0.4 is 10.1 Å². The summed E-state index contributed by atoms with van der Waals surface area (Å²) in [5, 5.41) is 7.01. The van der Waals surface area contributed by atoms with E-state index in [-0.39, 0.29) is 12.1 Å². The molecule has 2 amide bonds. The van der Waals surface area contributed by atoms with Gasteiger partial charge in [0.2, 0.25) is 0 Å². The number of anilines is 1. The number of urea groups is 1. The van der Waals surface area contributed by atoms with Crippen LogP contribution in [0.3, 0.4) is 0 Å². The molecule has 1 N–H and O–H groups in total. The monoisotopic (exact) mass is 329 g/mol. The third kappa shape index (κ3) is 2.96. The number of aryl methyl sites for hydroxylation is 3. The molecule has 1 fully saturated rings. The summed E-state index contributed by atoms with van der Waals surface area (Å²) in [6.07, 6.45) is 1.88. The number of amides is 2. The van der Waals surface area contributed by atoms with Gasteiger partial charge in [-0.15, -0.1) is 0 Å². The normalized spacial score (nSPS) is 17.2. The van der Waals surface area contributed by atoms with Crippen LogP contribution in [0.5, 0.6) is 5.75 Å². The first kappa shape index (κ1) is 16.4. The second-order valence-electron chi connectivity index (χ2n) is 6.22. The second kappa shape index (κ2) is 6.55. The largest absolute Gasteiger partial charge is 0.495 e. The first-order valence-corrected chi connectivity index (χ1v) is 8.16. The van der Waals surface area contributed by atoms with Crippen LogP contribution in [0.25, 0.3) is 0 Å². The molecule has 1 aromatic carbocycles. The summed E-state index contributed by atoms with van der Waals surface area (Å²) >= 11 is 0. The Kier molecular flexibility index (Phi) is 4.46. The highest BCUT2D eigenvalue weighted by Crippen LogP contribution is 2.36. The van der Waals surface area contributed by atoms with Gasteiger partial charge in [0.1, 0.15) is 11.5 Å². The van der Waals surface area contributed by atoms with Crippen molar-refractivity contribution >= 4 is 11.7 Å². The Labute approximate surface area is 141 Å². The number of ether oxygens (including phenoxy) is 1. The number of nitrogens with one attached hydrogen (secondary N) is 1. The van der Waals surface area contributed by atoms with E-state index in [0.29, 0.717) is 18.0 Å². The van der Waals surface area contributed by atoms with Crippen molar-refractivity contribution in [2.24, 2.45) is 0 Å². The first-order valence-electron chi connectivity index (χ1n) is 8.16. The molecule has 24 heavy (non-hydrogen) atoms. The summed E-state index contributed by atoms with van der Waals surface area (Å²) in [5.41, 5.74) is 3.63. The molecule has 0 bridgehead atoms. The molecule has 6 heteroatoms. The maximum atomic E-state index is 12.8. The average Bonchev–Trinajstić information content (AvgIpc) is 3.14. The molecule has 0 radical (unpaired) electrons. The van der Waals surface area contributed by atoms with Gasteiger partial charge in [-0.3, -0.25) is 0 Å². The summed E-state index contributed by atoms with van der Waals surface area (Å²) in [7, 11) is 1.60. The maximum Gasteiger partial charge on any atom is 0.322 e. The topological polar surface area (TPSA) is 67.6 Å². The number of benzene rings is 1. The zero-order valence-corrected chi connectivity index (χ0v) is 14.5. The van der Waals surface area contributed by atoms with E-state index in [1.54, 1.807) is 7.11 Å². The van der Waals surface area contributed by atoms with E-state index in [9.17, 15) is 4.79 Å². The van der Waals surface area contributed by atoms with E-state index >= 15 is 0 Å². The summed E-state index contributed by atoms with van der Waals surface area (Å²) in [4.78, 5) is 14.7. The van der Waals surface area contributed by atoms with Gasteiger partial charge in [-0.2, -0.15) is 0 Å². The Hall–Kier alpha value is -2.50. The number of hydrogen-bond donors (Lipinski definition) is 1. The Morgan fingerprint density at radius 1 is 1.38 bits per heavy atom. The number of likely N-dealkylation sites (tertiary alicyclic amines) is 1. The lowest BCUT2D eigenvalue weighted by atomic mass is 10.0. The summed E-state index contributed by atoms with van der Waals surface area (Å²) < 4.78 is 10.6. The molecular weight excluding hydrogens is 306 g/mol. The summed E-state index contributed by atoms with van der Waals surface area (Å²) in [6, 6.07) is 5.61. The van der Waals surface area contributed by atoms with Crippen molar-refractivity contribution in [1.82, 2.24) is 10.1 Å².